The Hall–Kier alpha value is -2.91. The van der Waals surface area contributed by atoms with Crippen molar-refractivity contribution in [1.82, 2.24) is 14.3 Å². The van der Waals surface area contributed by atoms with Gasteiger partial charge in [-0.2, -0.15) is 0 Å². The number of benzene rings is 1. The second-order valence-electron chi connectivity index (χ2n) is 8.25. The smallest absolute Gasteiger partial charge is 0.262 e. The van der Waals surface area contributed by atoms with Crippen molar-refractivity contribution in [3.05, 3.63) is 75.9 Å². The third-order valence-electron chi connectivity index (χ3n) is 5.91. The Morgan fingerprint density at radius 3 is 2.82 bits per heavy atom. The van der Waals surface area contributed by atoms with Gasteiger partial charge in [-0.05, 0) is 30.7 Å². The first kappa shape index (κ1) is 22.9. The number of amides is 1. The standard InChI is InChI=1S/C25H25ClN4O3S/c1-16(18-4-2-3-5-19(18)26)33-21-13-22(34-24(21)25(27)31)20-14-28-23-12-17(6-7-30(20)23)15-29-8-10-32-11-9-29/h2-7,12-14,16H,8-11,15H2,1H3,(H2,27,31). The zero-order chi connectivity index (χ0) is 23.7. The number of hydrogen-bond donors (Lipinski definition) is 1. The van der Waals surface area contributed by atoms with E-state index in [2.05, 4.69) is 22.0 Å². The fraction of sp³-hybridized carbons (Fsp3) is 0.280. The Bertz CT molecular complexity index is 1330. The second kappa shape index (κ2) is 9.76. The highest BCUT2D eigenvalue weighted by atomic mass is 35.5. The minimum absolute atomic E-state index is 0.348. The fourth-order valence-electron chi connectivity index (χ4n) is 4.14. The topological polar surface area (TPSA) is 82.1 Å². The van der Waals surface area contributed by atoms with Crippen molar-refractivity contribution in [2.45, 2.75) is 19.6 Å². The third kappa shape index (κ3) is 4.67. The van der Waals surface area contributed by atoms with E-state index >= 15 is 0 Å². The van der Waals surface area contributed by atoms with Crippen molar-refractivity contribution in [2.75, 3.05) is 26.3 Å². The highest BCUT2D eigenvalue weighted by Crippen LogP contribution is 2.39. The van der Waals surface area contributed by atoms with Crippen LogP contribution < -0.4 is 10.5 Å². The number of carbonyl (C=O) groups is 1. The van der Waals surface area contributed by atoms with Crippen LogP contribution in [0.2, 0.25) is 5.02 Å². The van der Waals surface area contributed by atoms with E-state index < -0.39 is 5.91 Å². The Kier molecular flexibility index (Phi) is 6.56. The van der Waals surface area contributed by atoms with E-state index in [0.717, 1.165) is 54.6 Å². The van der Waals surface area contributed by atoms with Crippen molar-refractivity contribution < 1.29 is 14.3 Å². The molecule has 1 amide bonds. The van der Waals surface area contributed by atoms with Crippen LogP contribution in [0.3, 0.4) is 0 Å². The van der Waals surface area contributed by atoms with Gasteiger partial charge in [0, 0.05) is 42.5 Å². The number of imidazole rings is 1. The first-order valence-corrected chi connectivity index (χ1v) is 12.3. The lowest BCUT2D eigenvalue weighted by Crippen LogP contribution is -2.35. The summed E-state index contributed by atoms with van der Waals surface area (Å²) in [6, 6.07) is 13.5. The fourth-order valence-corrected chi connectivity index (χ4v) is 5.38. The third-order valence-corrected chi connectivity index (χ3v) is 7.41. The quantitative estimate of drug-likeness (QED) is 0.398. The molecule has 0 bridgehead atoms. The van der Waals surface area contributed by atoms with Gasteiger partial charge in [0.25, 0.3) is 5.91 Å². The Labute approximate surface area is 206 Å². The number of hydrogen-bond acceptors (Lipinski definition) is 6. The van der Waals surface area contributed by atoms with E-state index in [1.807, 2.05) is 54.0 Å². The van der Waals surface area contributed by atoms with Gasteiger partial charge < -0.3 is 15.2 Å². The monoisotopic (exact) mass is 496 g/mol. The van der Waals surface area contributed by atoms with Crippen molar-refractivity contribution in [1.29, 1.82) is 0 Å². The van der Waals surface area contributed by atoms with Crippen LogP contribution in [0.5, 0.6) is 5.75 Å². The number of halogens is 1. The molecule has 2 N–H and O–H groups in total. The molecule has 1 unspecified atom stereocenters. The van der Waals surface area contributed by atoms with Gasteiger partial charge in [-0.25, -0.2) is 4.98 Å². The predicted octanol–water partition coefficient (Wildman–Crippen LogP) is 4.79. The van der Waals surface area contributed by atoms with E-state index in [0.29, 0.717) is 15.6 Å². The van der Waals surface area contributed by atoms with Crippen LogP contribution in [-0.2, 0) is 11.3 Å². The van der Waals surface area contributed by atoms with Gasteiger partial charge in [0.05, 0.1) is 30.0 Å². The zero-order valence-corrected chi connectivity index (χ0v) is 20.3. The SMILES string of the molecule is CC(Oc1cc(-c2cnc3cc(CN4CCOCC4)ccn23)sc1C(N)=O)c1ccccc1Cl. The summed E-state index contributed by atoms with van der Waals surface area (Å²) < 4.78 is 13.6. The molecule has 9 heteroatoms. The number of carbonyl (C=O) groups excluding carboxylic acids is 1. The molecule has 1 aliphatic heterocycles. The number of nitrogens with two attached hydrogens (primary N) is 1. The predicted molar refractivity (Wildman–Crippen MR) is 134 cm³/mol. The average molecular weight is 497 g/mol. The summed E-state index contributed by atoms with van der Waals surface area (Å²) in [5, 5.41) is 0.612. The van der Waals surface area contributed by atoms with E-state index in [9.17, 15) is 4.79 Å². The van der Waals surface area contributed by atoms with Crippen LogP contribution in [0, 0.1) is 0 Å². The molecule has 1 aromatic carbocycles. The molecule has 0 saturated carbocycles. The van der Waals surface area contributed by atoms with Crippen LogP contribution in [0.4, 0.5) is 0 Å². The van der Waals surface area contributed by atoms with Crippen LogP contribution in [0.1, 0.15) is 33.8 Å². The average Bonchev–Trinajstić information content (AvgIpc) is 3.44. The number of morpholine rings is 1. The number of pyridine rings is 1. The van der Waals surface area contributed by atoms with Gasteiger partial charge in [-0.1, -0.05) is 29.8 Å². The first-order valence-electron chi connectivity index (χ1n) is 11.1. The van der Waals surface area contributed by atoms with Crippen molar-refractivity contribution in [2.24, 2.45) is 5.73 Å². The summed E-state index contributed by atoms with van der Waals surface area (Å²) in [5.74, 6) is -0.0852. The van der Waals surface area contributed by atoms with Gasteiger partial charge >= 0.3 is 0 Å². The van der Waals surface area contributed by atoms with Crippen molar-refractivity contribution >= 4 is 34.5 Å². The maximum atomic E-state index is 12.2. The molecule has 7 nitrogen and oxygen atoms in total. The Balaban J connectivity index is 1.42. The maximum absolute atomic E-state index is 12.2. The molecule has 3 aromatic heterocycles. The van der Waals surface area contributed by atoms with Gasteiger partial charge in [-0.15, -0.1) is 11.3 Å². The molecule has 1 saturated heterocycles. The van der Waals surface area contributed by atoms with Crippen LogP contribution in [0.25, 0.3) is 16.2 Å². The normalized spacial score (nSPS) is 15.5. The minimum Gasteiger partial charge on any atom is -0.484 e. The van der Waals surface area contributed by atoms with Gasteiger partial charge in [0.15, 0.2) is 0 Å². The van der Waals surface area contributed by atoms with E-state index in [1.54, 1.807) is 0 Å². The van der Waals surface area contributed by atoms with Gasteiger partial charge in [0.1, 0.15) is 22.4 Å². The molecule has 1 atom stereocenters. The number of nitrogens with zero attached hydrogens (tertiary/aromatic N) is 3. The number of fused-ring (bicyclic) bond motifs is 1. The molecule has 0 spiro atoms. The summed E-state index contributed by atoms with van der Waals surface area (Å²) in [6.07, 6.45) is 3.48. The number of ether oxygens (including phenoxy) is 2. The lowest BCUT2D eigenvalue weighted by molar-refractivity contribution is 0.0342. The summed E-state index contributed by atoms with van der Waals surface area (Å²) in [4.78, 5) is 20.4. The molecular weight excluding hydrogens is 472 g/mol. The minimum atomic E-state index is -0.528. The largest absolute Gasteiger partial charge is 0.484 e. The molecule has 34 heavy (non-hydrogen) atoms. The number of rotatable bonds is 7. The molecular formula is C25H25ClN4O3S. The lowest BCUT2D eigenvalue weighted by Gasteiger charge is -2.26. The first-order chi connectivity index (χ1) is 16.5. The van der Waals surface area contributed by atoms with E-state index in [-0.39, 0.29) is 6.10 Å². The van der Waals surface area contributed by atoms with Crippen LogP contribution in [0.15, 0.2) is 54.9 Å². The molecule has 5 rings (SSSR count). The molecule has 176 valence electrons. The number of thiophene rings is 1. The van der Waals surface area contributed by atoms with Gasteiger partial charge in [0.2, 0.25) is 0 Å². The van der Waals surface area contributed by atoms with Crippen molar-refractivity contribution in [3.63, 3.8) is 0 Å². The summed E-state index contributed by atoms with van der Waals surface area (Å²) in [7, 11) is 0. The Morgan fingerprint density at radius 1 is 1.26 bits per heavy atom. The van der Waals surface area contributed by atoms with E-state index in [1.165, 1.54) is 16.9 Å². The summed E-state index contributed by atoms with van der Waals surface area (Å²) in [6.45, 7) is 6.18. The highest BCUT2D eigenvalue weighted by molar-refractivity contribution is 7.17. The van der Waals surface area contributed by atoms with E-state index in [4.69, 9.17) is 26.8 Å². The highest BCUT2D eigenvalue weighted by Gasteiger charge is 2.21. The van der Waals surface area contributed by atoms with Crippen LogP contribution in [-0.4, -0.2) is 46.5 Å². The summed E-state index contributed by atoms with van der Waals surface area (Å²) >= 11 is 7.62. The lowest BCUT2D eigenvalue weighted by atomic mass is 10.1. The van der Waals surface area contributed by atoms with Crippen molar-refractivity contribution in [3.8, 4) is 16.3 Å². The molecule has 0 aliphatic carbocycles. The van der Waals surface area contributed by atoms with Gasteiger partial charge in [-0.3, -0.25) is 14.1 Å². The molecule has 0 radical (unpaired) electrons. The molecule has 4 aromatic rings. The molecule has 1 fully saturated rings. The second-order valence-corrected chi connectivity index (χ2v) is 9.70. The number of aromatic nitrogens is 2. The zero-order valence-electron chi connectivity index (χ0n) is 18.7. The maximum Gasteiger partial charge on any atom is 0.262 e. The summed E-state index contributed by atoms with van der Waals surface area (Å²) in [5.41, 5.74) is 9.45. The van der Waals surface area contributed by atoms with Crippen LogP contribution >= 0.6 is 22.9 Å². The number of primary amides is 1. The Morgan fingerprint density at radius 2 is 2.06 bits per heavy atom. The molecule has 4 heterocycles. The molecule has 1 aliphatic rings.